The van der Waals surface area contributed by atoms with Crippen LogP contribution in [0.2, 0.25) is 0 Å². The van der Waals surface area contributed by atoms with Crippen molar-refractivity contribution in [3.05, 3.63) is 100 Å². The van der Waals surface area contributed by atoms with Crippen molar-refractivity contribution in [2.45, 2.75) is 46.4 Å². The summed E-state index contributed by atoms with van der Waals surface area (Å²) < 4.78 is 11.3. The summed E-state index contributed by atoms with van der Waals surface area (Å²) in [7, 11) is 1.57. The van der Waals surface area contributed by atoms with Crippen molar-refractivity contribution in [1.82, 2.24) is 4.90 Å². The van der Waals surface area contributed by atoms with Gasteiger partial charge < -0.3 is 19.5 Å². The van der Waals surface area contributed by atoms with Crippen LogP contribution in [0.25, 0.3) is 5.76 Å². The molecule has 1 N–H and O–H groups in total. The first-order valence-electron chi connectivity index (χ1n) is 12.0. The molecule has 3 aromatic rings. The predicted molar refractivity (Wildman–Crippen MR) is 139 cm³/mol. The number of carbonyl (C=O) groups is 2. The highest BCUT2D eigenvalue weighted by molar-refractivity contribution is 6.46. The van der Waals surface area contributed by atoms with Gasteiger partial charge in [0.05, 0.1) is 31.4 Å². The van der Waals surface area contributed by atoms with Gasteiger partial charge in [-0.3, -0.25) is 9.59 Å². The molecule has 1 aliphatic rings. The van der Waals surface area contributed by atoms with Gasteiger partial charge in [0.1, 0.15) is 17.3 Å². The maximum absolute atomic E-state index is 13.4. The number of likely N-dealkylation sites (tertiary alicyclic amines) is 1. The van der Waals surface area contributed by atoms with E-state index in [2.05, 4.69) is 0 Å². The van der Waals surface area contributed by atoms with Crippen molar-refractivity contribution in [2.75, 3.05) is 7.11 Å². The lowest BCUT2D eigenvalue weighted by atomic mass is 9.94. The zero-order chi connectivity index (χ0) is 26.0. The van der Waals surface area contributed by atoms with Crippen molar-refractivity contribution in [1.29, 1.82) is 0 Å². The molecule has 186 valence electrons. The number of rotatable bonds is 7. The molecule has 0 radical (unpaired) electrons. The van der Waals surface area contributed by atoms with Crippen LogP contribution in [0.15, 0.2) is 72.3 Å². The van der Waals surface area contributed by atoms with Crippen LogP contribution in [0.3, 0.4) is 0 Å². The number of aliphatic hydroxyl groups is 1. The fraction of sp³-hybridized carbons (Fsp3) is 0.267. The molecule has 0 saturated carbocycles. The predicted octanol–water partition coefficient (Wildman–Crippen LogP) is 5.72. The van der Waals surface area contributed by atoms with Crippen LogP contribution in [0, 0.1) is 13.8 Å². The topological polar surface area (TPSA) is 76.1 Å². The molecule has 1 saturated heterocycles. The average Bonchev–Trinajstić information content (AvgIpc) is 3.10. The number of aryl methyl sites for hydroxylation is 2. The van der Waals surface area contributed by atoms with Crippen LogP contribution in [-0.4, -0.2) is 34.9 Å². The maximum Gasteiger partial charge on any atom is 0.295 e. The van der Waals surface area contributed by atoms with Gasteiger partial charge in [-0.15, -0.1) is 0 Å². The van der Waals surface area contributed by atoms with Gasteiger partial charge >= 0.3 is 0 Å². The SMILES string of the molecule is COc1ccccc1CN1C(=O)C(=O)/C(=C(\O)c2ccc(OC(C)C)c(C)c2)C1c1cccc(C)c1. The van der Waals surface area contributed by atoms with Gasteiger partial charge in [0, 0.05) is 11.1 Å². The zero-order valence-electron chi connectivity index (χ0n) is 21.2. The molecular formula is C30H31NO5. The Morgan fingerprint density at radius 1 is 0.972 bits per heavy atom. The van der Waals surface area contributed by atoms with Crippen molar-refractivity contribution in [3.63, 3.8) is 0 Å². The normalized spacial score (nSPS) is 17.1. The standard InChI is InChI=1S/C30H31NO5/c1-18(2)36-24-14-13-22(16-20(24)4)28(32)26-27(21-11-8-9-19(3)15-21)31(30(34)29(26)33)17-23-10-6-7-12-25(23)35-5/h6-16,18,27,32H,17H2,1-5H3/b28-26-. The zero-order valence-corrected chi connectivity index (χ0v) is 21.2. The van der Waals surface area contributed by atoms with E-state index in [1.165, 1.54) is 4.90 Å². The monoisotopic (exact) mass is 485 g/mol. The Hall–Kier alpha value is -4.06. The number of para-hydroxylation sites is 1. The van der Waals surface area contributed by atoms with Crippen molar-refractivity contribution < 1.29 is 24.2 Å². The van der Waals surface area contributed by atoms with E-state index in [0.29, 0.717) is 17.1 Å². The Bertz CT molecular complexity index is 1340. The molecule has 1 atom stereocenters. The summed E-state index contributed by atoms with van der Waals surface area (Å²) in [6, 6.07) is 19.5. The van der Waals surface area contributed by atoms with Gasteiger partial charge in [0.15, 0.2) is 0 Å². The number of ketones is 1. The van der Waals surface area contributed by atoms with Gasteiger partial charge in [-0.05, 0) is 63.1 Å². The Balaban J connectivity index is 1.85. The van der Waals surface area contributed by atoms with Crippen LogP contribution in [0.1, 0.15) is 47.7 Å². The van der Waals surface area contributed by atoms with Crippen LogP contribution < -0.4 is 9.47 Å². The summed E-state index contributed by atoms with van der Waals surface area (Å²) in [4.78, 5) is 28.2. The third-order valence-corrected chi connectivity index (χ3v) is 6.24. The van der Waals surface area contributed by atoms with Gasteiger partial charge in [-0.1, -0.05) is 48.0 Å². The fourth-order valence-electron chi connectivity index (χ4n) is 4.59. The van der Waals surface area contributed by atoms with Crippen LogP contribution in [-0.2, 0) is 16.1 Å². The fourth-order valence-corrected chi connectivity index (χ4v) is 4.59. The molecule has 0 aliphatic carbocycles. The van der Waals surface area contributed by atoms with Gasteiger partial charge in [0.2, 0.25) is 0 Å². The second kappa shape index (κ2) is 10.3. The molecule has 6 heteroatoms. The van der Waals surface area contributed by atoms with E-state index in [0.717, 1.165) is 22.3 Å². The first-order chi connectivity index (χ1) is 17.2. The van der Waals surface area contributed by atoms with E-state index >= 15 is 0 Å². The second-order valence-electron chi connectivity index (χ2n) is 9.30. The van der Waals surface area contributed by atoms with Gasteiger partial charge in [0.25, 0.3) is 11.7 Å². The molecule has 1 amide bonds. The lowest BCUT2D eigenvalue weighted by Gasteiger charge is -2.26. The molecular weight excluding hydrogens is 454 g/mol. The van der Waals surface area contributed by atoms with E-state index in [-0.39, 0.29) is 24.0 Å². The minimum atomic E-state index is -0.748. The van der Waals surface area contributed by atoms with E-state index in [9.17, 15) is 14.7 Å². The summed E-state index contributed by atoms with van der Waals surface area (Å²) >= 11 is 0. The summed E-state index contributed by atoms with van der Waals surface area (Å²) in [6.07, 6.45) is 0.00442. The highest BCUT2D eigenvalue weighted by Gasteiger charge is 2.46. The number of ether oxygens (including phenoxy) is 2. The van der Waals surface area contributed by atoms with E-state index in [1.54, 1.807) is 25.3 Å². The Morgan fingerprint density at radius 3 is 2.39 bits per heavy atom. The molecule has 1 fully saturated rings. The Kier molecular flexibility index (Phi) is 7.15. The third kappa shape index (κ3) is 4.85. The molecule has 1 unspecified atom stereocenters. The lowest BCUT2D eigenvalue weighted by molar-refractivity contribution is -0.140. The smallest absolute Gasteiger partial charge is 0.295 e. The third-order valence-electron chi connectivity index (χ3n) is 6.24. The Morgan fingerprint density at radius 2 is 1.72 bits per heavy atom. The minimum absolute atomic E-state index is 0.00442. The number of carbonyl (C=O) groups excluding carboxylic acids is 2. The van der Waals surface area contributed by atoms with Gasteiger partial charge in [-0.25, -0.2) is 0 Å². The van der Waals surface area contributed by atoms with Crippen LogP contribution in [0.4, 0.5) is 0 Å². The number of amides is 1. The molecule has 1 aliphatic heterocycles. The van der Waals surface area contributed by atoms with E-state index < -0.39 is 17.7 Å². The maximum atomic E-state index is 13.4. The van der Waals surface area contributed by atoms with Crippen LogP contribution in [0.5, 0.6) is 11.5 Å². The van der Waals surface area contributed by atoms with E-state index in [4.69, 9.17) is 9.47 Å². The minimum Gasteiger partial charge on any atom is -0.507 e. The molecule has 0 aromatic heterocycles. The molecule has 6 nitrogen and oxygen atoms in total. The van der Waals surface area contributed by atoms with E-state index in [1.807, 2.05) is 76.2 Å². The molecule has 3 aromatic carbocycles. The molecule has 1 heterocycles. The van der Waals surface area contributed by atoms with Crippen LogP contribution >= 0.6 is 0 Å². The first-order valence-corrected chi connectivity index (χ1v) is 12.0. The summed E-state index contributed by atoms with van der Waals surface area (Å²) in [6.45, 7) is 7.88. The van der Waals surface area contributed by atoms with Crippen molar-refractivity contribution in [2.24, 2.45) is 0 Å². The lowest BCUT2D eigenvalue weighted by Crippen LogP contribution is -2.29. The summed E-state index contributed by atoms with van der Waals surface area (Å²) in [5, 5.41) is 11.4. The Labute approximate surface area is 211 Å². The molecule has 0 bridgehead atoms. The number of benzene rings is 3. The largest absolute Gasteiger partial charge is 0.507 e. The van der Waals surface area contributed by atoms with Crippen molar-refractivity contribution in [3.8, 4) is 11.5 Å². The number of Topliss-reactive ketones (excluding diaryl/α,β-unsaturated/α-hetero) is 1. The van der Waals surface area contributed by atoms with Gasteiger partial charge in [-0.2, -0.15) is 0 Å². The molecule has 0 spiro atoms. The highest BCUT2D eigenvalue weighted by Crippen LogP contribution is 2.41. The quantitative estimate of drug-likeness (QED) is 0.263. The number of hydrogen-bond donors (Lipinski definition) is 1. The summed E-state index contributed by atoms with van der Waals surface area (Å²) in [5.41, 5.74) is 3.85. The van der Waals surface area contributed by atoms with Crippen molar-refractivity contribution >= 4 is 17.4 Å². The molecule has 4 rings (SSSR count). The second-order valence-corrected chi connectivity index (χ2v) is 9.30. The number of methoxy groups -OCH3 is 1. The highest BCUT2D eigenvalue weighted by atomic mass is 16.5. The number of hydrogen-bond acceptors (Lipinski definition) is 5. The number of aliphatic hydroxyl groups excluding tert-OH is 1. The first kappa shape index (κ1) is 25.0. The molecule has 36 heavy (non-hydrogen) atoms. The summed E-state index contributed by atoms with van der Waals surface area (Å²) in [5.74, 6) is -0.256. The number of nitrogens with zero attached hydrogens (tertiary/aromatic N) is 1. The average molecular weight is 486 g/mol.